The molecule has 3 aromatic carbocycles. The van der Waals surface area contributed by atoms with Gasteiger partial charge in [-0.15, -0.1) is 23.5 Å². The van der Waals surface area contributed by atoms with E-state index in [-0.39, 0.29) is 11.8 Å². The molecule has 0 bridgehead atoms. The van der Waals surface area contributed by atoms with Crippen LogP contribution >= 0.6 is 23.5 Å². The number of nitrogens with one attached hydrogen (secondary N) is 1. The maximum absolute atomic E-state index is 13.0. The van der Waals surface area contributed by atoms with E-state index in [1.165, 1.54) is 11.8 Å². The van der Waals surface area contributed by atoms with Gasteiger partial charge in [0.25, 0.3) is 11.8 Å². The molecule has 0 aromatic heterocycles. The highest BCUT2D eigenvalue weighted by molar-refractivity contribution is 7.99. The largest absolute Gasteiger partial charge is 0.322 e. The number of hydrogen-bond donors (Lipinski definition) is 1. The fourth-order valence-electron chi connectivity index (χ4n) is 2.94. The molecule has 4 nitrogen and oxygen atoms in total. The number of carbonyl (C=O) groups excluding carboxylic acids is 2. The molecule has 0 saturated heterocycles. The van der Waals surface area contributed by atoms with Crippen molar-refractivity contribution in [2.75, 3.05) is 29.8 Å². The van der Waals surface area contributed by atoms with Gasteiger partial charge in [-0.1, -0.05) is 30.3 Å². The molecule has 6 heteroatoms. The monoisotopic (exact) mass is 422 g/mol. The molecule has 0 aliphatic rings. The third kappa shape index (κ3) is 4.83. The van der Waals surface area contributed by atoms with Gasteiger partial charge in [0.15, 0.2) is 0 Å². The second-order valence-electron chi connectivity index (χ2n) is 6.27. The summed E-state index contributed by atoms with van der Waals surface area (Å²) >= 11 is 3.07. The summed E-state index contributed by atoms with van der Waals surface area (Å²) < 4.78 is 0. The Morgan fingerprint density at radius 2 is 1.38 bits per heavy atom. The second kappa shape index (κ2) is 9.67. The van der Waals surface area contributed by atoms with Crippen LogP contribution in [-0.4, -0.2) is 31.4 Å². The average molecular weight is 423 g/mol. The molecule has 1 N–H and O–H groups in total. The molecule has 3 aromatic rings. The van der Waals surface area contributed by atoms with Crippen LogP contribution in [0, 0.1) is 0 Å². The third-order valence-corrected chi connectivity index (χ3v) is 6.08. The number of nitrogens with zero attached hydrogens (tertiary/aromatic N) is 1. The molecule has 0 radical (unpaired) electrons. The van der Waals surface area contributed by atoms with E-state index in [4.69, 9.17) is 0 Å². The molecule has 2 amide bonds. The van der Waals surface area contributed by atoms with Crippen LogP contribution in [0.25, 0.3) is 0 Å². The zero-order valence-electron chi connectivity index (χ0n) is 16.5. The summed E-state index contributed by atoms with van der Waals surface area (Å²) in [5.74, 6) is -0.264. The first kappa shape index (κ1) is 21.0. The fourth-order valence-corrected chi connectivity index (χ4v) is 4.13. The first-order valence-corrected chi connectivity index (χ1v) is 11.5. The van der Waals surface area contributed by atoms with Crippen LogP contribution < -0.4 is 10.2 Å². The van der Waals surface area contributed by atoms with Crippen molar-refractivity contribution in [1.82, 2.24) is 0 Å². The second-order valence-corrected chi connectivity index (χ2v) is 7.97. The Balaban J connectivity index is 1.82. The number of thioether (sulfide) groups is 2. The lowest BCUT2D eigenvalue weighted by molar-refractivity contribution is 0.0988. The van der Waals surface area contributed by atoms with Crippen LogP contribution in [0.3, 0.4) is 0 Å². The van der Waals surface area contributed by atoms with Crippen molar-refractivity contribution in [3.05, 3.63) is 83.9 Å². The summed E-state index contributed by atoms with van der Waals surface area (Å²) in [6.07, 6.45) is 3.90. The minimum atomic E-state index is -0.172. The predicted molar refractivity (Wildman–Crippen MR) is 124 cm³/mol. The van der Waals surface area contributed by atoms with E-state index in [1.54, 1.807) is 35.8 Å². The van der Waals surface area contributed by atoms with Gasteiger partial charge in [-0.25, -0.2) is 0 Å². The van der Waals surface area contributed by atoms with E-state index in [2.05, 4.69) is 5.32 Å². The molecule has 0 spiro atoms. The first-order valence-electron chi connectivity index (χ1n) is 9.00. The van der Waals surface area contributed by atoms with E-state index < -0.39 is 0 Å². The molecule has 0 aliphatic heterocycles. The summed E-state index contributed by atoms with van der Waals surface area (Å²) in [6, 6.07) is 22.3. The molecule has 0 fully saturated rings. The molecule has 0 saturated carbocycles. The smallest absolute Gasteiger partial charge is 0.259 e. The van der Waals surface area contributed by atoms with Gasteiger partial charge in [-0.2, -0.15) is 0 Å². The Hall–Kier alpha value is -2.70. The lowest BCUT2D eigenvalue weighted by atomic mass is 10.1. The highest BCUT2D eigenvalue weighted by Crippen LogP contribution is 2.26. The molecule has 148 valence electrons. The van der Waals surface area contributed by atoms with Gasteiger partial charge in [0.2, 0.25) is 0 Å². The molecular weight excluding hydrogens is 400 g/mol. The Kier molecular flexibility index (Phi) is 7.01. The van der Waals surface area contributed by atoms with Gasteiger partial charge in [0.1, 0.15) is 0 Å². The van der Waals surface area contributed by atoms with Crippen molar-refractivity contribution in [3.8, 4) is 0 Å². The van der Waals surface area contributed by atoms with Crippen LogP contribution in [-0.2, 0) is 0 Å². The maximum atomic E-state index is 13.0. The van der Waals surface area contributed by atoms with Gasteiger partial charge in [-0.05, 0) is 55.0 Å². The maximum Gasteiger partial charge on any atom is 0.259 e. The number of rotatable bonds is 6. The zero-order valence-corrected chi connectivity index (χ0v) is 18.1. The van der Waals surface area contributed by atoms with E-state index in [1.807, 2.05) is 73.2 Å². The van der Waals surface area contributed by atoms with Gasteiger partial charge in [0.05, 0.1) is 11.1 Å². The van der Waals surface area contributed by atoms with Crippen molar-refractivity contribution < 1.29 is 9.59 Å². The first-order chi connectivity index (χ1) is 14.0. The van der Waals surface area contributed by atoms with Crippen molar-refractivity contribution in [3.63, 3.8) is 0 Å². The molecule has 29 heavy (non-hydrogen) atoms. The number of hydrogen-bond acceptors (Lipinski definition) is 4. The van der Waals surface area contributed by atoms with Crippen molar-refractivity contribution in [1.29, 1.82) is 0 Å². The molecule has 0 unspecified atom stereocenters. The summed E-state index contributed by atoms with van der Waals surface area (Å²) in [5.41, 5.74) is 2.64. The predicted octanol–water partition coefficient (Wildman–Crippen LogP) is 5.66. The summed E-state index contributed by atoms with van der Waals surface area (Å²) in [7, 11) is 1.74. The number of carbonyl (C=O) groups is 2. The Morgan fingerprint density at radius 3 is 2.03 bits per heavy atom. The molecule has 0 heterocycles. The van der Waals surface area contributed by atoms with E-state index >= 15 is 0 Å². The zero-order chi connectivity index (χ0) is 20.8. The number of anilines is 2. The number of benzene rings is 3. The summed E-state index contributed by atoms with van der Waals surface area (Å²) in [6.45, 7) is 0. The van der Waals surface area contributed by atoms with Crippen LogP contribution in [0.4, 0.5) is 11.4 Å². The van der Waals surface area contributed by atoms with Crippen LogP contribution in [0.5, 0.6) is 0 Å². The Morgan fingerprint density at radius 1 is 0.793 bits per heavy atom. The van der Waals surface area contributed by atoms with Gasteiger partial charge in [0, 0.05) is 28.2 Å². The van der Waals surface area contributed by atoms with Crippen molar-refractivity contribution in [2.45, 2.75) is 9.79 Å². The Labute approximate surface area is 179 Å². The van der Waals surface area contributed by atoms with Crippen LogP contribution in [0.15, 0.2) is 82.6 Å². The fraction of sp³-hybridized carbons (Fsp3) is 0.130. The van der Waals surface area contributed by atoms with Crippen LogP contribution in [0.2, 0.25) is 0 Å². The summed E-state index contributed by atoms with van der Waals surface area (Å²) in [5, 5.41) is 2.94. The van der Waals surface area contributed by atoms with E-state index in [0.29, 0.717) is 22.5 Å². The molecular formula is C23H22N2O2S2. The van der Waals surface area contributed by atoms with Crippen LogP contribution in [0.1, 0.15) is 20.7 Å². The standard InChI is InChI=1S/C23H22N2O2S2/c1-25(23(27)19-12-5-7-14-21(19)29-3)17-10-8-9-16(15-17)24-22(26)18-11-4-6-13-20(18)28-2/h4-15H,1-3H3,(H,24,26). The quantitative estimate of drug-likeness (QED) is 0.521. The van der Waals surface area contributed by atoms with Gasteiger partial charge in [-0.3, -0.25) is 9.59 Å². The third-order valence-electron chi connectivity index (χ3n) is 4.48. The topological polar surface area (TPSA) is 49.4 Å². The number of amides is 2. The minimum Gasteiger partial charge on any atom is -0.322 e. The molecule has 3 rings (SSSR count). The highest BCUT2D eigenvalue weighted by Gasteiger charge is 2.17. The Bertz CT molecular complexity index is 1040. The van der Waals surface area contributed by atoms with Gasteiger partial charge < -0.3 is 10.2 Å². The SMILES string of the molecule is CSc1ccccc1C(=O)Nc1cccc(N(C)C(=O)c2ccccc2SC)c1. The molecule has 0 aliphatic carbocycles. The summed E-state index contributed by atoms with van der Waals surface area (Å²) in [4.78, 5) is 29.1. The van der Waals surface area contributed by atoms with E-state index in [0.717, 1.165) is 9.79 Å². The van der Waals surface area contributed by atoms with Crippen molar-refractivity contribution >= 4 is 46.7 Å². The lowest BCUT2D eigenvalue weighted by Gasteiger charge is -2.20. The van der Waals surface area contributed by atoms with E-state index in [9.17, 15) is 9.59 Å². The van der Waals surface area contributed by atoms with Gasteiger partial charge >= 0.3 is 0 Å². The minimum absolute atomic E-state index is 0.0915. The normalized spacial score (nSPS) is 10.4. The molecule has 0 atom stereocenters. The lowest BCUT2D eigenvalue weighted by Crippen LogP contribution is -2.26. The highest BCUT2D eigenvalue weighted by atomic mass is 32.2. The van der Waals surface area contributed by atoms with Crippen molar-refractivity contribution in [2.24, 2.45) is 0 Å². The average Bonchev–Trinajstić information content (AvgIpc) is 2.78.